The van der Waals surface area contributed by atoms with Crippen molar-refractivity contribution in [3.8, 4) is 0 Å². The smallest absolute Gasteiger partial charge is 0.112 e. The Hall–Kier alpha value is -1.03. The van der Waals surface area contributed by atoms with Crippen LogP contribution < -0.4 is 0 Å². The Morgan fingerprint density at radius 3 is 3.00 bits per heavy atom. The first-order chi connectivity index (χ1) is 5.81. The van der Waals surface area contributed by atoms with Crippen molar-refractivity contribution in [2.75, 3.05) is 6.26 Å². The van der Waals surface area contributed by atoms with E-state index in [1.165, 1.54) is 0 Å². The van der Waals surface area contributed by atoms with Gasteiger partial charge in [0.25, 0.3) is 0 Å². The molecule has 2 aromatic rings. The highest BCUT2D eigenvalue weighted by Gasteiger charge is 2.02. The number of hydrogen-bond acceptors (Lipinski definition) is 3. The second-order valence-corrected chi connectivity index (χ2v) is 3.40. The van der Waals surface area contributed by atoms with Gasteiger partial charge in [-0.1, -0.05) is 0 Å². The van der Waals surface area contributed by atoms with Gasteiger partial charge in [-0.3, -0.25) is 5.10 Å². The van der Waals surface area contributed by atoms with E-state index in [9.17, 15) is 0 Å². The first-order valence-electron chi connectivity index (χ1n) is 3.67. The molecule has 0 atom stereocenters. The molecule has 2 rings (SSSR count). The molecule has 0 aliphatic carbocycles. The van der Waals surface area contributed by atoms with Crippen molar-refractivity contribution in [2.45, 2.75) is 11.9 Å². The fraction of sp³-hybridized carbons (Fsp3) is 0.250. The van der Waals surface area contributed by atoms with Crippen LogP contribution in [0.5, 0.6) is 0 Å². The Morgan fingerprint density at radius 2 is 2.25 bits per heavy atom. The summed E-state index contributed by atoms with van der Waals surface area (Å²) < 4.78 is 0. The Labute approximate surface area is 74.6 Å². The Balaban J connectivity index is 2.71. The summed E-state index contributed by atoms with van der Waals surface area (Å²) >= 11 is 1.64. The highest BCUT2D eigenvalue weighted by atomic mass is 32.2. The molecule has 0 aliphatic heterocycles. The zero-order valence-corrected chi connectivity index (χ0v) is 7.77. The third-order valence-corrected chi connectivity index (χ3v) is 2.40. The summed E-state index contributed by atoms with van der Waals surface area (Å²) in [6.07, 6.45) is 2.02. The van der Waals surface area contributed by atoms with Crippen molar-refractivity contribution in [1.29, 1.82) is 0 Å². The van der Waals surface area contributed by atoms with Gasteiger partial charge in [0.05, 0.1) is 10.7 Å². The van der Waals surface area contributed by atoms with Gasteiger partial charge in [0.15, 0.2) is 0 Å². The molecule has 3 nitrogen and oxygen atoms in total. The van der Waals surface area contributed by atoms with Gasteiger partial charge in [0.2, 0.25) is 0 Å². The van der Waals surface area contributed by atoms with Crippen LogP contribution >= 0.6 is 11.8 Å². The lowest BCUT2D eigenvalue weighted by Gasteiger charge is -1.93. The van der Waals surface area contributed by atoms with Gasteiger partial charge < -0.3 is 0 Å². The number of pyridine rings is 1. The van der Waals surface area contributed by atoms with Crippen LogP contribution in [0.25, 0.3) is 11.0 Å². The summed E-state index contributed by atoms with van der Waals surface area (Å²) in [4.78, 5) is 4.42. The molecule has 2 heterocycles. The zero-order valence-electron chi connectivity index (χ0n) is 6.96. The van der Waals surface area contributed by atoms with Crippen LogP contribution in [0.15, 0.2) is 17.2 Å². The normalized spacial score (nSPS) is 10.8. The number of aromatic nitrogens is 3. The van der Waals surface area contributed by atoms with Gasteiger partial charge in [-0.05, 0) is 25.3 Å². The van der Waals surface area contributed by atoms with Gasteiger partial charge in [-0.25, -0.2) is 4.98 Å². The fourth-order valence-electron chi connectivity index (χ4n) is 1.11. The summed E-state index contributed by atoms with van der Waals surface area (Å²) in [6, 6.07) is 3.96. The Bertz CT molecular complexity index is 408. The largest absolute Gasteiger partial charge is 0.280 e. The first kappa shape index (κ1) is 7.61. The lowest BCUT2D eigenvalue weighted by atomic mass is 10.3. The van der Waals surface area contributed by atoms with E-state index in [-0.39, 0.29) is 0 Å². The second-order valence-electron chi connectivity index (χ2n) is 2.57. The maximum absolute atomic E-state index is 4.42. The number of aromatic amines is 1. The van der Waals surface area contributed by atoms with Crippen LogP contribution in [0, 0.1) is 6.92 Å². The number of aryl methyl sites for hydroxylation is 1. The third kappa shape index (κ3) is 1.08. The minimum atomic E-state index is 0.935. The molecular formula is C8H9N3S. The van der Waals surface area contributed by atoms with Crippen LogP contribution in [0.1, 0.15) is 5.69 Å². The first-order valence-corrected chi connectivity index (χ1v) is 4.89. The summed E-state index contributed by atoms with van der Waals surface area (Å²) in [5.41, 5.74) is 2.94. The average Bonchev–Trinajstić information content (AvgIpc) is 2.47. The molecule has 2 aromatic heterocycles. The molecule has 1 N–H and O–H groups in total. The number of nitrogens with zero attached hydrogens (tertiary/aromatic N) is 2. The predicted octanol–water partition coefficient (Wildman–Crippen LogP) is 1.99. The van der Waals surface area contributed by atoms with Crippen LogP contribution in [-0.2, 0) is 0 Å². The van der Waals surface area contributed by atoms with Crippen LogP contribution in [-0.4, -0.2) is 21.4 Å². The van der Waals surface area contributed by atoms with Gasteiger partial charge in [-0.15, -0.1) is 11.8 Å². The molecule has 0 amide bonds. The summed E-state index contributed by atoms with van der Waals surface area (Å²) in [5.74, 6) is 0. The zero-order chi connectivity index (χ0) is 8.55. The van der Waals surface area contributed by atoms with E-state index in [2.05, 4.69) is 15.2 Å². The van der Waals surface area contributed by atoms with Crippen LogP contribution in [0.3, 0.4) is 0 Å². The molecule has 0 bridgehead atoms. The van der Waals surface area contributed by atoms with E-state index in [4.69, 9.17) is 0 Å². The van der Waals surface area contributed by atoms with Gasteiger partial charge >= 0.3 is 0 Å². The van der Waals surface area contributed by atoms with Crippen LogP contribution in [0.2, 0.25) is 0 Å². The monoisotopic (exact) mass is 179 g/mol. The molecule has 0 saturated heterocycles. The average molecular weight is 179 g/mol. The lowest BCUT2D eigenvalue weighted by molar-refractivity contribution is 1.07. The third-order valence-electron chi connectivity index (χ3n) is 1.76. The summed E-state index contributed by atoms with van der Waals surface area (Å²) in [7, 11) is 0. The maximum Gasteiger partial charge on any atom is 0.112 e. The minimum Gasteiger partial charge on any atom is -0.280 e. The molecule has 62 valence electrons. The number of thioether (sulfide) groups is 1. The quantitative estimate of drug-likeness (QED) is 0.681. The standard InChI is InChI=1S/C8H9N3S/c1-5-8-6(11-10-5)3-4-7(9-8)12-2/h3-4H,1-2H3,(H,10,11). The topological polar surface area (TPSA) is 41.6 Å². The van der Waals surface area contributed by atoms with Crippen LogP contribution in [0.4, 0.5) is 0 Å². The van der Waals surface area contributed by atoms with Crippen molar-refractivity contribution >= 4 is 22.8 Å². The van der Waals surface area contributed by atoms with E-state index < -0.39 is 0 Å². The van der Waals surface area contributed by atoms with Gasteiger partial charge in [0.1, 0.15) is 11.0 Å². The van der Waals surface area contributed by atoms with Crippen molar-refractivity contribution in [3.05, 3.63) is 17.8 Å². The molecule has 0 aliphatic rings. The lowest BCUT2D eigenvalue weighted by Crippen LogP contribution is -1.80. The van der Waals surface area contributed by atoms with E-state index in [1.807, 2.05) is 25.3 Å². The van der Waals surface area contributed by atoms with E-state index in [0.717, 1.165) is 21.8 Å². The number of rotatable bonds is 1. The number of nitrogens with one attached hydrogen (secondary N) is 1. The summed E-state index contributed by atoms with van der Waals surface area (Å²) in [6.45, 7) is 1.98. The molecule has 0 aromatic carbocycles. The second kappa shape index (κ2) is 2.79. The molecular weight excluding hydrogens is 170 g/mol. The Kier molecular flexibility index (Phi) is 1.77. The van der Waals surface area contributed by atoms with E-state index >= 15 is 0 Å². The highest BCUT2D eigenvalue weighted by molar-refractivity contribution is 7.98. The number of hydrogen-bond donors (Lipinski definition) is 1. The van der Waals surface area contributed by atoms with Crippen molar-refractivity contribution < 1.29 is 0 Å². The van der Waals surface area contributed by atoms with Gasteiger partial charge in [0, 0.05) is 0 Å². The van der Waals surface area contributed by atoms with Gasteiger partial charge in [-0.2, -0.15) is 5.10 Å². The SMILES string of the molecule is CSc1ccc2n[nH]c(C)c2n1. The Morgan fingerprint density at radius 1 is 1.42 bits per heavy atom. The van der Waals surface area contributed by atoms with E-state index in [0.29, 0.717) is 0 Å². The minimum absolute atomic E-state index is 0.935. The number of H-pyrrole nitrogens is 1. The predicted molar refractivity (Wildman–Crippen MR) is 50.4 cm³/mol. The van der Waals surface area contributed by atoms with Crippen molar-refractivity contribution in [2.24, 2.45) is 0 Å². The molecule has 0 radical (unpaired) electrons. The fourth-order valence-corrected chi connectivity index (χ4v) is 1.50. The van der Waals surface area contributed by atoms with E-state index in [1.54, 1.807) is 11.8 Å². The summed E-state index contributed by atoms with van der Waals surface area (Å²) in [5, 5.41) is 8.04. The molecule has 0 spiro atoms. The molecule has 12 heavy (non-hydrogen) atoms. The van der Waals surface area contributed by atoms with Crippen molar-refractivity contribution in [3.63, 3.8) is 0 Å². The number of fused-ring (bicyclic) bond motifs is 1. The molecule has 0 saturated carbocycles. The molecule has 4 heteroatoms. The maximum atomic E-state index is 4.42. The van der Waals surface area contributed by atoms with Crippen molar-refractivity contribution in [1.82, 2.24) is 15.2 Å². The molecule has 0 fully saturated rings. The molecule has 0 unspecified atom stereocenters. The highest BCUT2D eigenvalue weighted by Crippen LogP contribution is 2.17.